The monoisotopic (exact) mass is 494 g/mol. The summed E-state index contributed by atoms with van der Waals surface area (Å²) in [6.45, 7) is 12.0. The van der Waals surface area contributed by atoms with Crippen molar-refractivity contribution in [3.63, 3.8) is 0 Å². The van der Waals surface area contributed by atoms with Crippen LogP contribution in [0.15, 0.2) is 48.5 Å². The Bertz CT molecular complexity index is 1010. The molecule has 1 fully saturated rings. The molecule has 2 unspecified atom stereocenters. The van der Waals surface area contributed by atoms with Gasteiger partial charge in [-0.3, -0.25) is 0 Å². The second kappa shape index (κ2) is 11.8. The number of rotatable bonds is 11. The third-order valence-electron chi connectivity index (χ3n) is 6.91. The van der Waals surface area contributed by atoms with Crippen molar-refractivity contribution in [2.24, 2.45) is 5.92 Å². The Morgan fingerprint density at radius 3 is 2.22 bits per heavy atom. The first-order valence-electron chi connectivity index (χ1n) is 13.0. The summed E-state index contributed by atoms with van der Waals surface area (Å²) >= 11 is 0. The minimum Gasteiger partial charge on any atom is -0.479 e. The van der Waals surface area contributed by atoms with Crippen molar-refractivity contribution in [3.8, 4) is 5.75 Å². The van der Waals surface area contributed by atoms with Gasteiger partial charge in [-0.2, -0.15) is 0 Å². The van der Waals surface area contributed by atoms with Gasteiger partial charge in [0.15, 0.2) is 6.10 Å². The number of nitrogens with zero attached hydrogens (tertiary/aromatic N) is 2. The van der Waals surface area contributed by atoms with Crippen LogP contribution >= 0.6 is 0 Å². The minimum absolute atomic E-state index is 0.0933. The molecule has 1 aliphatic heterocycles. The smallest absolute Gasteiger partial charge is 0.344 e. The molecule has 0 spiro atoms. The van der Waals surface area contributed by atoms with Gasteiger partial charge in [0.2, 0.25) is 0 Å². The molecule has 3 rings (SSSR count). The van der Waals surface area contributed by atoms with Crippen molar-refractivity contribution >= 4 is 12.0 Å². The number of carbonyl (C=O) groups is 2. The number of carboxylic acids is 1. The molecule has 1 heterocycles. The number of aliphatic carboxylic acids is 1. The van der Waals surface area contributed by atoms with Crippen molar-refractivity contribution in [2.45, 2.75) is 84.4 Å². The quantitative estimate of drug-likeness (QED) is 0.408. The Labute approximate surface area is 216 Å². The molecule has 0 radical (unpaired) electrons. The zero-order valence-electron chi connectivity index (χ0n) is 22.7. The number of carbonyl (C=O) groups excluding carboxylic acids is 1. The standard InChI is InChI=1S/C30H42N2O4/c1-21(2)18-27(28(33)34)36-26-16-12-22(13-17-26)8-7-9-25-20-32(29(35)31(25)6)19-23-10-14-24(15-11-23)30(3,4)5/h10-17,21,25,27H,7-9,18-20H2,1-6H3,(H,33,34). The van der Waals surface area contributed by atoms with E-state index in [1.165, 1.54) is 11.1 Å². The van der Waals surface area contributed by atoms with E-state index >= 15 is 0 Å². The predicted molar refractivity (Wildman–Crippen MR) is 143 cm³/mol. The number of hydrogen-bond acceptors (Lipinski definition) is 3. The summed E-state index contributed by atoms with van der Waals surface area (Å²) in [6, 6.07) is 16.6. The van der Waals surface area contributed by atoms with Crippen LogP contribution in [-0.4, -0.2) is 52.6 Å². The highest BCUT2D eigenvalue weighted by molar-refractivity contribution is 5.77. The average Bonchev–Trinajstić information content (AvgIpc) is 3.07. The Kier molecular flexibility index (Phi) is 9.04. The van der Waals surface area contributed by atoms with Crippen LogP contribution in [0.4, 0.5) is 4.79 Å². The molecule has 0 bridgehead atoms. The largest absolute Gasteiger partial charge is 0.479 e. The highest BCUT2D eigenvalue weighted by Gasteiger charge is 2.34. The molecule has 36 heavy (non-hydrogen) atoms. The lowest BCUT2D eigenvalue weighted by Gasteiger charge is -2.20. The summed E-state index contributed by atoms with van der Waals surface area (Å²) in [7, 11) is 1.90. The normalized spacial score (nSPS) is 17.1. The number of aryl methyl sites for hydroxylation is 1. The van der Waals surface area contributed by atoms with E-state index in [4.69, 9.17) is 4.74 Å². The number of urea groups is 1. The van der Waals surface area contributed by atoms with E-state index in [2.05, 4.69) is 45.0 Å². The topological polar surface area (TPSA) is 70.1 Å². The first kappa shape index (κ1) is 27.6. The van der Waals surface area contributed by atoms with Gasteiger partial charge in [0.1, 0.15) is 5.75 Å². The van der Waals surface area contributed by atoms with Gasteiger partial charge < -0.3 is 19.6 Å². The fourth-order valence-electron chi connectivity index (χ4n) is 4.65. The van der Waals surface area contributed by atoms with E-state index in [0.29, 0.717) is 18.7 Å². The maximum absolute atomic E-state index is 12.8. The van der Waals surface area contributed by atoms with Crippen molar-refractivity contribution < 1.29 is 19.4 Å². The fourth-order valence-corrected chi connectivity index (χ4v) is 4.65. The first-order chi connectivity index (χ1) is 16.9. The van der Waals surface area contributed by atoms with Crippen molar-refractivity contribution in [1.82, 2.24) is 9.80 Å². The van der Waals surface area contributed by atoms with Gasteiger partial charge in [-0.25, -0.2) is 9.59 Å². The van der Waals surface area contributed by atoms with Crippen LogP contribution in [0.2, 0.25) is 0 Å². The van der Waals surface area contributed by atoms with Crippen LogP contribution in [0.25, 0.3) is 0 Å². The Morgan fingerprint density at radius 2 is 1.67 bits per heavy atom. The molecule has 2 amide bonds. The van der Waals surface area contributed by atoms with E-state index in [0.717, 1.165) is 31.4 Å². The minimum atomic E-state index is -0.932. The molecule has 6 heteroatoms. The average molecular weight is 495 g/mol. The maximum atomic E-state index is 12.8. The summed E-state index contributed by atoms with van der Waals surface area (Å²) < 4.78 is 5.69. The first-order valence-corrected chi connectivity index (χ1v) is 13.0. The van der Waals surface area contributed by atoms with E-state index in [1.807, 2.05) is 55.0 Å². The van der Waals surface area contributed by atoms with E-state index in [9.17, 15) is 14.7 Å². The lowest BCUT2D eigenvalue weighted by Crippen LogP contribution is -2.31. The van der Waals surface area contributed by atoms with Crippen LogP contribution in [0.1, 0.15) is 70.6 Å². The molecular weight excluding hydrogens is 452 g/mol. The highest BCUT2D eigenvalue weighted by Crippen LogP contribution is 2.25. The van der Waals surface area contributed by atoms with Crippen LogP contribution in [0.3, 0.4) is 0 Å². The van der Waals surface area contributed by atoms with Gasteiger partial charge in [0.05, 0.1) is 6.04 Å². The molecule has 2 atom stereocenters. The summed E-state index contributed by atoms with van der Waals surface area (Å²) in [4.78, 5) is 28.1. The zero-order chi connectivity index (χ0) is 26.5. The molecule has 0 aromatic heterocycles. The second-order valence-electron chi connectivity index (χ2n) is 11.5. The van der Waals surface area contributed by atoms with E-state index in [1.54, 1.807) is 0 Å². The zero-order valence-corrected chi connectivity index (χ0v) is 22.7. The molecular formula is C30H42N2O4. The van der Waals surface area contributed by atoms with Gasteiger partial charge in [0.25, 0.3) is 0 Å². The lowest BCUT2D eigenvalue weighted by atomic mass is 9.87. The van der Waals surface area contributed by atoms with Crippen LogP contribution in [0.5, 0.6) is 5.75 Å². The summed E-state index contributed by atoms with van der Waals surface area (Å²) in [5.41, 5.74) is 3.76. The number of likely N-dealkylation sites (N-methyl/N-ethyl adjacent to an activating group) is 1. The van der Waals surface area contributed by atoms with Crippen molar-refractivity contribution in [3.05, 3.63) is 65.2 Å². The van der Waals surface area contributed by atoms with Gasteiger partial charge in [0, 0.05) is 20.1 Å². The van der Waals surface area contributed by atoms with E-state index < -0.39 is 12.1 Å². The van der Waals surface area contributed by atoms with Gasteiger partial charge in [-0.05, 0) is 65.8 Å². The lowest BCUT2D eigenvalue weighted by molar-refractivity contribution is -0.145. The van der Waals surface area contributed by atoms with Crippen LogP contribution in [-0.2, 0) is 23.2 Å². The number of carboxylic acid groups (broad SMARTS) is 1. The van der Waals surface area contributed by atoms with Gasteiger partial charge in [-0.15, -0.1) is 0 Å². The predicted octanol–water partition coefficient (Wildman–Crippen LogP) is 6.12. The number of benzene rings is 2. The summed E-state index contributed by atoms with van der Waals surface area (Å²) in [5, 5.41) is 9.38. The fraction of sp³-hybridized carbons (Fsp3) is 0.533. The van der Waals surface area contributed by atoms with Crippen LogP contribution in [0, 0.1) is 5.92 Å². The van der Waals surface area contributed by atoms with Gasteiger partial charge >= 0.3 is 12.0 Å². The SMILES string of the molecule is CC(C)CC(Oc1ccc(CCCC2CN(Cc3ccc(C(C)(C)C)cc3)C(=O)N2C)cc1)C(=O)O. The molecule has 196 valence electrons. The van der Waals surface area contributed by atoms with Crippen molar-refractivity contribution in [1.29, 1.82) is 0 Å². The number of ether oxygens (including phenoxy) is 1. The van der Waals surface area contributed by atoms with Crippen molar-refractivity contribution in [2.75, 3.05) is 13.6 Å². The summed E-state index contributed by atoms with van der Waals surface area (Å²) in [5.74, 6) is -0.103. The molecule has 0 saturated carbocycles. The maximum Gasteiger partial charge on any atom is 0.344 e. The number of hydrogen-bond donors (Lipinski definition) is 1. The highest BCUT2D eigenvalue weighted by atomic mass is 16.5. The number of amides is 2. The Morgan fingerprint density at radius 1 is 1.06 bits per heavy atom. The molecule has 0 aliphatic carbocycles. The second-order valence-corrected chi connectivity index (χ2v) is 11.5. The molecule has 1 aliphatic rings. The third kappa shape index (κ3) is 7.49. The van der Waals surface area contributed by atoms with E-state index in [-0.39, 0.29) is 23.4 Å². The molecule has 2 aromatic carbocycles. The third-order valence-corrected chi connectivity index (χ3v) is 6.91. The Balaban J connectivity index is 1.48. The molecule has 1 saturated heterocycles. The Hall–Kier alpha value is -3.02. The molecule has 6 nitrogen and oxygen atoms in total. The molecule has 2 aromatic rings. The van der Waals surface area contributed by atoms with Crippen LogP contribution < -0.4 is 4.74 Å². The van der Waals surface area contributed by atoms with Gasteiger partial charge in [-0.1, -0.05) is 71.0 Å². The molecule has 1 N–H and O–H groups in total. The summed E-state index contributed by atoms with van der Waals surface area (Å²) in [6.07, 6.45) is 2.47.